The summed E-state index contributed by atoms with van der Waals surface area (Å²) in [7, 11) is 5.88. The van der Waals surface area contributed by atoms with E-state index in [4.69, 9.17) is 0 Å². The maximum absolute atomic E-state index is 11.6. The topological polar surface area (TPSA) is 93.6 Å². The number of carbonyl (C=O) groups excluding carboxylic acids is 2. The summed E-state index contributed by atoms with van der Waals surface area (Å²) in [6.45, 7) is 0. The average Bonchev–Trinajstić information content (AvgIpc) is 2.57. The largest absolute Gasteiger partial charge is 0.359 e. The Morgan fingerprint density at radius 2 is 1.69 bits per heavy atom. The summed E-state index contributed by atoms with van der Waals surface area (Å²) in [6.07, 6.45) is 0. The zero-order valence-corrected chi connectivity index (χ0v) is 9.42. The van der Waals surface area contributed by atoms with Crippen molar-refractivity contribution in [1.29, 1.82) is 0 Å². The molecule has 16 heavy (non-hydrogen) atoms. The summed E-state index contributed by atoms with van der Waals surface area (Å²) in [5.41, 5.74) is -0.706. The van der Waals surface area contributed by atoms with Crippen LogP contribution in [-0.2, 0) is 0 Å². The van der Waals surface area contributed by atoms with Gasteiger partial charge in [0.15, 0.2) is 0 Å². The molecular formula is C8H12N4O4. The van der Waals surface area contributed by atoms with E-state index in [0.717, 1.165) is 4.90 Å². The predicted octanol–water partition coefficient (Wildman–Crippen LogP) is -1.29. The lowest BCUT2D eigenvalue weighted by Gasteiger charge is -2.09. The maximum Gasteiger partial charge on any atom is 0.318 e. The highest BCUT2D eigenvalue weighted by molar-refractivity contribution is 6.03. The Morgan fingerprint density at radius 3 is 2.12 bits per heavy atom. The van der Waals surface area contributed by atoms with E-state index in [1.54, 1.807) is 0 Å². The van der Waals surface area contributed by atoms with Crippen molar-refractivity contribution in [2.45, 2.75) is 0 Å². The lowest BCUT2D eigenvalue weighted by Crippen LogP contribution is -2.38. The van der Waals surface area contributed by atoms with E-state index in [1.807, 2.05) is 0 Å². The number of nitrogens with zero attached hydrogens (tertiary/aromatic N) is 4. The summed E-state index contributed by atoms with van der Waals surface area (Å²) < 4.78 is 4.25. The number of aromatic nitrogens is 2. The van der Waals surface area contributed by atoms with Crippen molar-refractivity contribution in [3.8, 4) is 0 Å². The number of rotatable bonds is 2. The second-order valence-corrected chi connectivity index (χ2v) is 3.53. The number of carbonyl (C=O) groups is 2. The highest BCUT2D eigenvalue weighted by Crippen LogP contribution is 2.05. The van der Waals surface area contributed by atoms with Crippen LogP contribution >= 0.6 is 0 Å². The molecule has 1 aromatic heterocycles. The van der Waals surface area contributed by atoms with Crippen LogP contribution in [-0.4, -0.2) is 55.0 Å². The molecule has 0 saturated heterocycles. The molecular weight excluding hydrogens is 216 g/mol. The maximum atomic E-state index is 11.6. The van der Waals surface area contributed by atoms with Gasteiger partial charge in [-0.25, -0.2) is 0 Å². The van der Waals surface area contributed by atoms with Gasteiger partial charge in [0.1, 0.15) is 0 Å². The van der Waals surface area contributed by atoms with Gasteiger partial charge in [-0.15, -0.1) is 0 Å². The molecule has 0 radical (unpaired) electrons. The van der Waals surface area contributed by atoms with E-state index in [9.17, 15) is 14.8 Å². The van der Waals surface area contributed by atoms with Crippen molar-refractivity contribution in [2.75, 3.05) is 28.2 Å². The third kappa shape index (κ3) is 1.95. The minimum Gasteiger partial charge on any atom is -0.359 e. The first kappa shape index (κ1) is 12.0. The van der Waals surface area contributed by atoms with Gasteiger partial charge < -0.3 is 15.0 Å². The molecule has 0 saturated carbocycles. The Morgan fingerprint density at radius 1 is 1.19 bits per heavy atom. The first-order valence-corrected chi connectivity index (χ1v) is 4.39. The van der Waals surface area contributed by atoms with E-state index in [1.165, 1.54) is 33.1 Å². The quantitative estimate of drug-likeness (QED) is 0.587. The third-order valence-corrected chi connectivity index (χ3v) is 1.83. The highest BCUT2D eigenvalue weighted by atomic mass is 16.8. The first-order valence-electron chi connectivity index (χ1n) is 4.39. The van der Waals surface area contributed by atoms with Crippen LogP contribution in [0, 0.1) is 5.21 Å². The SMILES string of the molecule is CN(C)C(=O)c1no[n+]([O-])c1C(=O)N(C)C. The van der Waals surface area contributed by atoms with Crippen LogP contribution in [0.2, 0.25) is 0 Å². The van der Waals surface area contributed by atoms with Crippen molar-refractivity contribution >= 4 is 11.8 Å². The Kier molecular flexibility index (Phi) is 3.11. The van der Waals surface area contributed by atoms with Gasteiger partial charge in [-0.2, -0.15) is 0 Å². The van der Waals surface area contributed by atoms with Crippen molar-refractivity contribution in [1.82, 2.24) is 15.0 Å². The molecule has 0 unspecified atom stereocenters. The van der Waals surface area contributed by atoms with E-state index in [2.05, 4.69) is 9.79 Å². The van der Waals surface area contributed by atoms with Crippen molar-refractivity contribution < 1.29 is 19.1 Å². The molecule has 0 atom stereocenters. The molecule has 8 heteroatoms. The first-order chi connectivity index (χ1) is 7.36. The zero-order chi connectivity index (χ0) is 12.5. The van der Waals surface area contributed by atoms with Crippen molar-refractivity contribution in [3.05, 3.63) is 16.6 Å². The van der Waals surface area contributed by atoms with Crippen LogP contribution in [0.25, 0.3) is 0 Å². The highest BCUT2D eigenvalue weighted by Gasteiger charge is 2.33. The monoisotopic (exact) mass is 228 g/mol. The molecule has 0 aromatic carbocycles. The number of hydrogen-bond donors (Lipinski definition) is 0. The molecule has 0 bridgehead atoms. The second kappa shape index (κ2) is 4.17. The van der Waals surface area contributed by atoms with Crippen LogP contribution in [0.5, 0.6) is 0 Å². The molecule has 0 aliphatic rings. The van der Waals surface area contributed by atoms with Gasteiger partial charge >= 0.3 is 17.5 Å². The third-order valence-electron chi connectivity index (χ3n) is 1.83. The van der Waals surface area contributed by atoms with Gasteiger partial charge in [-0.05, 0) is 4.90 Å². The Labute approximate surface area is 91.6 Å². The lowest BCUT2D eigenvalue weighted by atomic mass is 10.2. The zero-order valence-electron chi connectivity index (χ0n) is 9.42. The molecule has 2 amide bonds. The van der Waals surface area contributed by atoms with Gasteiger partial charge in [0.2, 0.25) is 0 Å². The summed E-state index contributed by atoms with van der Waals surface area (Å²) >= 11 is 0. The minimum atomic E-state index is -0.638. The van der Waals surface area contributed by atoms with Gasteiger partial charge in [0.25, 0.3) is 5.69 Å². The summed E-state index contributed by atoms with van der Waals surface area (Å²) in [4.78, 5) is 25.5. The Hall–Kier alpha value is -2.12. The molecule has 88 valence electrons. The average molecular weight is 228 g/mol. The van der Waals surface area contributed by atoms with Crippen LogP contribution < -0.4 is 4.90 Å². The smallest absolute Gasteiger partial charge is 0.318 e. The summed E-state index contributed by atoms with van der Waals surface area (Å²) in [5.74, 6) is -1.20. The predicted molar refractivity (Wildman–Crippen MR) is 51.5 cm³/mol. The lowest BCUT2D eigenvalue weighted by molar-refractivity contribution is -0.803. The van der Waals surface area contributed by atoms with Gasteiger partial charge in [0, 0.05) is 28.2 Å². The molecule has 0 aliphatic heterocycles. The molecule has 1 aromatic rings. The molecule has 0 fully saturated rings. The number of hydrogen-bond acceptors (Lipinski definition) is 5. The van der Waals surface area contributed by atoms with Crippen LogP contribution in [0.15, 0.2) is 4.63 Å². The van der Waals surface area contributed by atoms with Crippen LogP contribution in [0.3, 0.4) is 0 Å². The van der Waals surface area contributed by atoms with Gasteiger partial charge in [-0.3, -0.25) is 14.2 Å². The van der Waals surface area contributed by atoms with Crippen LogP contribution in [0.4, 0.5) is 0 Å². The fourth-order valence-electron chi connectivity index (χ4n) is 0.992. The van der Waals surface area contributed by atoms with E-state index in [0.29, 0.717) is 0 Å². The molecule has 0 N–H and O–H groups in total. The summed E-state index contributed by atoms with van der Waals surface area (Å²) in [5, 5.41) is 14.5. The van der Waals surface area contributed by atoms with Crippen molar-refractivity contribution in [2.24, 2.45) is 0 Å². The fraction of sp³-hybridized carbons (Fsp3) is 0.500. The van der Waals surface area contributed by atoms with Gasteiger partial charge in [-0.1, -0.05) is 0 Å². The summed E-state index contributed by atoms with van der Waals surface area (Å²) in [6, 6.07) is 0. The minimum absolute atomic E-state index is 0.0704. The van der Waals surface area contributed by atoms with Crippen LogP contribution in [0.1, 0.15) is 21.0 Å². The van der Waals surface area contributed by atoms with Gasteiger partial charge in [0.05, 0.1) is 5.16 Å². The van der Waals surface area contributed by atoms with E-state index >= 15 is 0 Å². The number of amides is 2. The second-order valence-electron chi connectivity index (χ2n) is 3.53. The Bertz CT molecular complexity index is 424. The van der Waals surface area contributed by atoms with E-state index < -0.39 is 17.5 Å². The molecule has 1 rings (SSSR count). The van der Waals surface area contributed by atoms with E-state index in [-0.39, 0.29) is 10.6 Å². The fourth-order valence-corrected chi connectivity index (χ4v) is 0.992. The Balaban J connectivity index is 3.23. The standard InChI is InChI=1S/C8H12N4O4/c1-10(2)7(13)5-6(8(14)11(3)4)12(15)16-9-5/h1-4H3. The molecule has 0 aliphatic carbocycles. The normalized spacial score (nSPS) is 10.0. The molecule has 8 nitrogen and oxygen atoms in total. The molecule has 1 heterocycles. The molecule has 0 spiro atoms. The van der Waals surface area contributed by atoms with Crippen molar-refractivity contribution in [3.63, 3.8) is 0 Å².